The van der Waals surface area contributed by atoms with E-state index in [-0.39, 0.29) is 12.9 Å². The van der Waals surface area contributed by atoms with Gasteiger partial charge in [-0.05, 0) is 36.6 Å². The molecule has 1 aromatic carbocycles. The Morgan fingerprint density at radius 1 is 1.24 bits per heavy atom. The third-order valence-corrected chi connectivity index (χ3v) is 7.09. The smallest absolute Gasteiger partial charge is 0.454 e. The predicted octanol–water partition coefficient (Wildman–Crippen LogP) is 4.30. The number of carboxylic acid groups (broad SMARTS) is 1. The summed E-state index contributed by atoms with van der Waals surface area (Å²) in [5.74, 6) is 3.08. The molecule has 0 aliphatic carbocycles. The number of hydrogen-bond acceptors (Lipinski definition) is 9. The third kappa shape index (κ3) is 4.75. The minimum atomic E-state index is -1.22. The number of thiophene rings is 1. The number of ether oxygens (including phenoxy) is 3. The van der Waals surface area contributed by atoms with Crippen LogP contribution in [0.25, 0.3) is 10.2 Å². The van der Waals surface area contributed by atoms with E-state index in [1.54, 1.807) is 11.3 Å². The topological polar surface area (TPSA) is 106 Å². The van der Waals surface area contributed by atoms with E-state index in [1.165, 1.54) is 4.88 Å². The van der Waals surface area contributed by atoms with Crippen LogP contribution in [0.2, 0.25) is 0 Å². The Bertz CT molecular complexity index is 1160. The van der Waals surface area contributed by atoms with Gasteiger partial charge in [0.05, 0.1) is 5.39 Å². The lowest BCUT2D eigenvalue weighted by atomic mass is 10.1. The fourth-order valence-corrected chi connectivity index (χ4v) is 5.11. The second-order valence-corrected chi connectivity index (χ2v) is 9.21. The zero-order chi connectivity index (χ0) is 22.8. The van der Waals surface area contributed by atoms with E-state index in [0.29, 0.717) is 31.9 Å². The highest BCUT2D eigenvalue weighted by atomic mass is 32.1. The number of nitrogens with zero attached hydrogens (tertiary/aromatic N) is 3. The second-order valence-electron chi connectivity index (χ2n) is 8.09. The van der Waals surface area contributed by atoms with Gasteiger partial charge in [-0.15, -0.1) is 11.3 Å². The number of benzene rings is 1. The van der Waals surface area contributed by atoms with Crippen molar-refractivity contribution in [2.45, 2.75) is 38.7 Å². The van der Waals surface area contributed by atoms with Crippen molar-refractivity contribution in [1.29, 1.82) is 0 Å². The molecule has 2 N–H and O–H groups in total. The van der Waals surface area contributed by atoms with Crippen LogP contribution in [0.15, 0.2) is 24.3 Å². The lowest BCUT2D eigenvalue weighted by molar-refractivity contribution is 0.0415. The average Bonchev–Trinajstić information content (AvgIpc) is 3.45. The van der Waals surface area contributed by atoms with Crippen LogP contribution < -0.4 is 19.7 Å². The number of carbonyl (C=O) groups is 1. The molecular weight excluding hydrogens is 444 g/mol. The molecule has 0 bridgehead atoms. The van der Waals surface area contributed by atoms with Crippen LogP contribution in [0.1, 0.15) is 30.2 Å². The van der Waals surface area contributed by atoms with E-state index in [0.717, 1.165) is 52.5 Å². The molecule has 33 heavy (non-hydrogen) atoms. The van der Waals surface area contributed by atoms with Gasteiger partial charge >= 0.3 is 6.16 Å². The average molecular weight is 471 g/mol. The standard InChI is InChI=1S/C23H26N4O5S/c1-2-16-12-17-20(24-8-5-14-3-4-18-19(11-14)31-13-30-18)25-22(26-21(17)33-16)27-9-6-15(7-10-27)32-23(28)29/h3-4,11-12,15H,2,5-10,13H2,1H3,(H,28,29)(H,24,25,26). The predicted molar refractivity (Wildman–Crippen MR) is 126 cm³/mol. The maximum absolute atomic E-state index is 10.8. The van der Waals surface area contributed by atoms with Crippen molar-refractivity contribution in [1.82, 2.24) is 9.97 Å². The summed E-state index contributed by atoms with van der Waals surface area (Å²) in [7, 11) is 0. The SMILES string of the molecule is CCc1cc2c(NCCc3ccc4c(c3)OCO4)nc(N3CCC(OC(=O)O)CC3)nc2s1. The molecule has 0 atom stereocenters. The maximum atomic E-state index is 10.8. The van der Waals surface area contributed by atoms with E-state index in [9.17, 15) is 4.79 Å². The van der Waals surface area contributed by atoms with Gasteiger partial charge in [0, 0.05) is 37.4 Å². The molecule has 3 aromatic rings. The van der Waals surface area contributed by atoms with Crippen molar-refractivity contribution in [2.75, 3.05) is 36.6 Å². The van der Waals surface area contributed by atoms with Crippen molar-refractivity contribution in [3.63, 3.8) is 0 Å². The second kappa shape index (κ2) is 9.30. The molecule has 0 unspecified atom stereocenters. The number of aryl methyl sites for hydroxylation is 1. The molecule has 2 aliphatic rings. The first-order chi connectivity index (χ1) is 16.1. The molecule has 0 radical (unpaired) electrons. The zero-order valence-corrected chi connectivity index (χ0v) is 19.2. The zero-order valence-electron chi connectivity index (χ0n) is 18.4. The lowest BCUT2D eigenvalue weighted by Gasteiger charge is -2.31. The van der Waals surface area contributed by atoms with Gasteiger partial charge in [-0.3, -0.25) is 0 Å². The summed E-state index contributed by atoms with van der Waals surface area (Å²) in [6.07, 6.45) is 1.54. The normalized spacial score (nSPS) is 15.7. The van der Waals surface area contributed by atoms with Gasteiger partial charge in [0.2, 0.25) is 12.7 Å². The van der Waals surface area contributed by atoms with E-state index in [1.807, 2.05) is 12.1 Å². The van der Waals surface area contributed by atoms with Crippen LogP contribution in [0.5, 0.6) is 11.5 Å². The summed E-state index contributed by atoms with van der Waals surface area (Å²) in [5.41, 5.74) is 1.16. The summed E-state index contributed by atoms with van der Waals surface area (Å²) in [5, 5.41) is 13.4. The van der Waals surface area contributed by atoms with Crippen molar-refractivity contribution >= 4 is 39.5 Å². The van der Waals surface area contributed by atoms with Gasteiger partial charge in [-0.1, -0.05) is 13.0 Å². The first-order valence-electron chi connectivity index (χ1n) is 11.2. The van der Waals surface area contributed by atoms with Crippen LogP contribution in [0, 0.1) is 0 Å². The van der Waals surface area contributed by atoms with Gasteiger partial charge in [0.25, 0.3) is 0 Å². The van der Waals surface area contributed by atoms with E-state index in [4.69, 9.17) is 29.3 Å². The van der Waals surface area contributed by atoms with E-state index < -0.39 is 6.16 Å². The number of aromatic nitrogens is 2. The van der Waals surface area contributed by atoms with Crippen molar-refractivity contribution < 1.29 is 24.1 Å². The number of nitrogens with one attached hydrogen (secondary N) is 1. The summed E-state index contributed by atoms with van der Waals surface area (Å²) < 4.78 is 15.8. The fraction of sp³-hybridized carbons (Fsp3) is 0.435. The van der Waals surface area contributed by atoms with Crippen molar-refractivity contribution in [2.24, 2.45) is 0 Å². The van der Waals surface area contributed by atoms with Gasteiger partial charge in [0.15, 0.2) is 11.5 Å². The van der Waals surface area contributed by atoms with Crippen LogP contribution >= 0.6 is 11.3 Å². The minimum absolute atomic E-state index is 0.268. The Kier molecular flexibility index (Phi) is 6.08. The molecule has 1 saturated heterocycles. The van der Waals surface area contributed by atoms with E-state index in [2.05, 4.69) is 29.3 Å². The number of hydrogen-bond donors (Lipinski definition) is 2. The molecule has 4 heterocycles. The summed E-state index contributed by atoms with van der Waals surface area (Å²) in [6.45, 7) is 4.45. The molecule has 0 amide bonds. The Morgan fingerprint density at radius 3 is 2.85 bits per heavy atom. The first-order valence-corrected chi connectivity index (χ1v) is 12.0. The molecule has 1 fully saturated rings. The Labute approximate surface area is 195 Å². The molecule has 0 spiro atoms. The first kappa shape index (κ1) is 21.6. The van der Waals surface area contributed by atoms with Gasteiger partial charge < -0.3 is 29.5 Å². The quantitative estimate of drug-likeness (QED) is 0.489. The number of fused-ring (bicyclic) bond motifs is 2. The lowest BCUT2D eigenvalue weighted by Crippen LogP contribution is -2.38. The fourth-order valence-electron chi connectivity index (χ4n) is 4.15. The summed E-state index contributed by atoms with van der Waals surface area (Å²) >= 11 is 1.69. The van der Waals surface area contributed by atoms with Crippen LogP contribution in [0.3, 0.4) is 0 Å². The van der Waals surface area contributed by atoms with E-state index >= 15 is 0 Å². The van der Waals surface area contributed by atoms with Gasteiger partial charge in [0.1, 0.15) is 16.8 Å². The maximum Gasteiger partial charge on any atom is 0.506 e. The Morgan fingerprint density at radius 2 is 2.06 bits per heavy atom. The third-order valence-electron chi connectivity index (χ3n) is 5.92. The monoisotopic (exact) mass is 470 g/mol. The molecule has 9 nitrogen and oxygen atoms in total. The molecule has 2 aromatic heterocycles. The summed E-state index contributed by atoms with van der Waals surface area (Å²) in [4.78, 5) is 24.8. The number of piperidine rings is 1. The molecule has 5 rings (SSSR count). The van der Waals surface area contributed by atoms with Crippen molar-refractivity contribution in [3.05, 3.63) is 34.7 Å². The van der Waals surface area contributed by atoms with Crippen LogP contribution in [-0.2, 0) is 17.6 Å². The largest absolute Gasteiger partial charge is 0.506 e. The van der Waals surface area contributed by atoms with Crippen LogP contribution in [-0.4, -0.2) is 53.8 Å². The highest BCUT2D eigenvalue weighted by molar-refractivity contribution is 7.18. The van der Waals surface area contributed by atoms with Gasteiger partial charge in [-0.2, -0.15) is 4.98 Å². The molecular formula is C23H26N4O5S. The number of rotatable bonds is 7. The van der Waals surface area contributed by atoms with Crippen LogP contribution in [0.4, 0.5) is 16.6 Å². The number of anilines is 2. The van der Waals surface area contributed by atoms with Gasteiger partial charge in [-0.25, -0.2) is 9.78 Å². The molecule has 2 aliphatic heterocycles. The minimum Gasteiger partial charge on any atom is -0.454 e. The molecule has 174 valence electrons. The summed E-state index contributed by atoms with van der Waals surface area (Å²) in [6, 6.07) is 8.19. The van der Waals surface area contributed by atoms with Crippen molar-refractivity contribution in [3.8, 4) is 11.5 Å². The molecule has 10 heteroatoms. The highest BCUT2D eigenvalue weighted by Crippen LogP contribution is 2.34. The Hall–Kier alpha value is -3.27. The molecule has 0 saturated carbocycles. The highest BCUT2D eigenvalue weighted by Gasteiger charge is 2.25. The Balaban J connectivity index is 1.31.